The van der Waals surface area contributed by atoms with Gasteiger partial charge in [-0.2, -0.15) is 0 Å². The van der Waals surface area contributed by atoms with Crippen LogP contribution in [-0.4, -0.2) is 42.0 Å². The van der Waals surface area contributed by atoms with Crippen LogP contribution >= 0.6 is 0 Å². The van der Waals surface area contributed by atoms with Crippen LogP contribution in [0.1, 0.15) is 30.4 Å². The zero-order chi connectivity index (χ0) is 13.1. The van der Waals surface area contributed by atoms with E-state index in [-0.39, 0.29) is 0 Å². The van der Waals surface area contributed by atoms with E-state index in [1.165, 1.54) is 56.6 Å². The molecule has 2 saturated heterocycles. The van der Waals surface area contributed by atoms with Crippen LogP contribution in [-0.2, 0) is 13.1 Å². The van der Waals surface area contributed by atoms with Gasteiger partial charge in [0.15, 0.2) is 0 Å². The molecule has 2 heterocycles. The van der Waals surface area contributed by atoms with Gasteiger partial charge >= 0.3 is 0 Å². The molecule has 1 aromatic rings. The minimum Gasteiger partial charge on any atom is -0.326 e. The average Bonchev–Trinajstić information content (AvgIpc) is 2.79. The third kappa shape index (κ3) is 3.16. The lowest BCUT2D eigenvalue weighted by atomic mass is 10.1. The van der Waals surface area contributed by atoms with Crippen molar-refractivity contribution in [3.63, 3.8) is 0 Å². The van der Waals surface area contributed by atoms with Gasteiger partial charge in [-0.15, -0.1) is 0 Å². The summed E-state index contributed by atoms with van der Waals surface area (Å²) in [6, 6.07) is 9.61. The molecular weight excluding hydrogens is 234 g/mol. The molecule has 3 nitrogen and oxygen atoms in total. The van der Waals surface area contributed by atoms with E-state index in [2.05, 4.69) is 34.1 Å². The summed E-state index contributed by atoms with van der Waals surface area (Å²) in [6.45, 7) is 6.84. The maximum atomic E-state index is 5.65. The number of nitrogens with zero attached hydrogens (tertiary/aromatic N) is 2. The van der Waals surface area contributed by atoms with Crippen LogP contribution < -0.4 is 5.73 Å². The number of fused-ring (bicyclic) bond motifs is 1. The van der Waals surface area contributed by atoms with E-state index in [0.29, 0.717) is 6.54 Å². The van der Waals surface area contributed by atoms with Crippen LogP contribution in [0.5, 0.6) is 0 Å². The zero-order valence-electron chi connectivity index (χ0n) is 11.7. The van der Waals surface area contributed by atoms with E-state index in [9.17, 15) is 0 Å². The van der Waals surface area contributed by atoms with Gasteiger partial charge < -0.3 is 5.73 Å². The Hall–Kier alpha value is -0.900. The number of benzene rings is 1. The van der Waals surface area contributed by atoms with Crippen molar-refractivity contribution in [3.05, 3.63) is 35.4 Å². The highest BCUT2D eigenvalue weighted by Crippen LogP contribution is 2.22. The molecular formula is C16H25N3. The minimum atomic E-state index is 0.640. The van der Waals surface area contributed by atoms with Crippen LogP contribution in [0.3, 0.4) is 0 Å². The standard InChI is InChI=1S/C16H25N3/c17-11-14-4-6-15(7-5-14)12-18-8-2-10-19-9-1-3-16(19)13-18/h4-7,16H,1-3,8-13,17H2. The fourth-order valence-electron chi connectivity index (χ4n) is 3.47. The molecule has 0 amide bonds. The van der Waals surface area contributed by atoms with Crippen molar-refractivity contribution in [2.24, 2.45) is 5.73 Å². The molecule has 19 heavy (non-hydrogen) atoms. The molecule has 104 valence electrons. The predicted octanol–water partition coefficient (Wildman–Crippen LogP) is 1.82. The highest BCUT2D eigenvalue weighted by atomic mass is 15.3. The summed E-state index contributed by atoms with van der Waals surface area (Å²) in [4.78, 5) is 5.32. The fourth-order valence-corrected chi connectivity index (χ4v) is 3.47. The van der Waals surface area contributed by atoms with Gasteiger partial charge in [-0.25, -0.2) is 0 Å². The second-order valence-corrected chi connectivity index (χ2v) is 5.94. The molecule has 0 saturated carbocycles. The van der Waals surface area contributed by atoms with Crippen LogP contribution in [0.4, 0.5) is 0 Å². The van der Waals surface area contributed by atoms with E-state index in [0.717, 1.165) is 12.6 Å². The SMILES string of the molecule is NCc1ccc(CN2CCCN3CCCC3C2)cc1. The molecule has 0 bridgehead atoms. The first kappa shape index (κ1) is 13.1. The van der Waals surface area contributed by atoms with Crippen LogP contribution in [0, 0.1) is 0 Å². The topological polar surface area (TPSA) is 32.5 Å². The molecule has 2 aliphatic heterocycles. The first-order valence-electron chi connectivity index (χ1n) is 7.59. The Kier molecular flexibility index (Phi) is 4.16. The van der Waals surface area contributed by atoms with E-state index in [1.807, 2.05) is 0 Å². The van der Waals surface area contributed by atoms with Gasteiger partial charge in [-0.05, 0) is 50.0 Å². The van der Waals surface area contributed by atoms with Crippen molar-refractivity contribution in [2.45, 2.75) is 38.4 Å². The van der Waals surface area contributed by atoms with Crippen molar-refractivity contribution < 1.29 is 0 Å². The lowest BCUT2D eigenvalue weighted by molar-refractivity contribution is 0.215. The van der Waals surface area contributed by atoms with Gasteiger partial charge in [-0.1, -0.05) is 24.3 Å². The lowest BCUT2D eigenvalue weighted by Gasteiger charge is -2.25. The second kappa shape index (κ2) is 6.04. The summed E-state index contributed by atoms with van der Waals surface area (Å²) < 4.78 is 0. The lowest BCUT2D eigenvalue weighted by Crippen LogP contribution is -2.36. The molecule has 1 aromatic carbocycles. The second-order valence-electron chi connectivity index (χ2n) is 5.94. The normalized spacial score (nSPS) is 25.2. The van der Waals surface area contributed by atoms with Crippen LogP contribution in [0.15, 0.2) is 24.3 Å². The summed E-state index contributed by atoms with van der Waals surface area (Å²) in [5.41, 5.74) is 8.29. The molecule has 0 aromatic heterocycles. The fraction of sp³-hybridized carbons (Fsp3) is 0.625. The van der Waals surface area contributed by atoms with E-state index >= 15 is 0 Å². The van der Waals surface area contributed by atoms with Gasteiger partial charge in [0, 0.05) is 25.7 Å². The summed E-state index contributed by atoms with van der Waals surface area (Å²) in [6.07, 6.45) is 4.10. The minimum absolute atomic E-state index is 0.640. The van der Waals surface area contributed by atoms with Crippen molar-refractivity contribution in [3.8, 4) is 0 Å². The van der Waals surface area contributed by atoms with Gasteiger partial charge in [0.2, 0.25) is 0 Å². The Morgan fingerprint density at radius 1 is 1.00 bits per heavy atom. The molecule has 0 radical (unpaired) electrons. The molecule has 2 fully saturated rings. The largest absolute Gasteiger partial charge is 0.326 e. The number of rotatable bonds is 3. The average molecular weight is 259 g/mol. The molecule has 3 rings (SSSR count). The number of hydrogen-bond acceptors (Lipinski definition) is 3. The van der Waals surface area contributed by atoms with Gasteiger partial charge in [0.25, 0.3) is 0 Å². The molecule has 3 heteroatoms. The maximum Gasteiger partial charge on any atom is 0.0234 e. The van der Waals surface area contributed by atoms with E-state index in [4.69, 9.17) is 5.73 Å². The third-order valence-electron chi connectivity index (χ3n) is 4.55. The summed E-state index contributed by atoms with van der Waals surface area (Å²) in [5.74, 6) is 0. The van der Waals surface area contributed by atoms with Gasteiger partial charge in [0.1, 0.15) is 0 Å². The Bertz CT molecular complexity index is 401. The Morgan fingerprint density at radius 2 is 1.74 bits per heavy atom. The molecule has 1 unspecified atom stereocenters. The summed E-state index contributed by atoms with van der Waals surface area (Å²) in [5, 5.41) is 0. The quantitative estimate of drug-likeness (QED) is 0.898. The Labute approximate surface area is 116 Å². The Morgan fingerprint density at radius 3 is 2.53 bits per heavy atom. The number of nitrogens with two attached hydrogens (primary N) is 1. The van der Waals surface area contributed by atoms with Gasteiger partial charge in [-0.3, -0.25) is 9.80 Å². The van der Waals surface area contributed by atoms with Crippen LogP contribution in [0.25, 0.3) is 0 Å². The molecule has 2 aliphatic rings. The molecule has 1 atom stereocenters. The maximum absolute atomic E-state index is 5.65. The van der Waals surface area contributed by atoms with Crippen LogP contribution in [0.2, 0.25) is 0 Å². The van der Waals surface area contributed by atoms with E-state index in [1.54, 1.807) is 0 Å². The highest BCUT2D eigenvalue weighted by molar-refractivity contribution is 5.22. The third-order valence-corrected chi connectivity index (χ3v) is 4.55. The summed E-state index contributed by atoms with van der Waals surface area (Å²) >= 11 is 0. The highest BCUT2D eigenvalue weighted by Gasteiger charge is 2.28. The van der Waals surface area contributed by atoms with Crippen molar-refractivity contribution in [1.29, 1.82) is 0 Å². The van der Waals surface area contributed by atoms with Crippen molar-refractivity contribution in [2.75, 3.05) is 26.2 Å². The van der Waals surface area contributed by atoms with E-state index < -0.39 is 0 Å². The zero-order valence-corrected chi connectivity index (χ0v) is 11.7. The predicted molar refractivity (Wildman–Crippen MR) is 78.8 cm³/mol. The number of hydrogen-bond donors (Lipinski definition) is 1. The van der Waals surface area contributed by atoms with Crippen molar-refractivity contribution >= 4 is 0 Å². The monoisotopic (exact) mass is 259 g/mol. The molecule has 2 N–H and O–H groups in total. The molecule has 0 spiro atoms. The summed E-state index contributed by atoms with van der Waals surface area (Å²) in [7, 11) is 0. The van der Waals surface area contributed by atoms with Gasteiger partial charge in [0.05, 0.1) is 0 Å². The first-order valence-corrected chi connectivity index (χ1v) is 7.59. The van der Waals surface area contributed by atoms with Crippen molar-refractivity contribution in [1.82, 2.24) is 9.80 Å². The first-order chi connectivity index (χ1) is 9.35. The molecule has 0 aliphatic carbocycles. The Balaban J connectivity index is 1.61. The smallest absolute Gasteiger partial charge is 0.0234 e.